The molecule has 1 atom stereocenters. The van der Waals surface area contributed by atoms with E-state index in [1.807, 2.05) is 0 Å². The SMILES string of the molecule is O=[N+]([O-])c1ccc(OC2CCNC2)cc1C(F)(F)F. The van der Waals surface area contributed by atoms with E-state index in [1.54, 1.807) is 0 Å². The van der Waals surface area contributed by atoms with Gasteiger partial charge in [0.15, 0.2) is 0 Å². The Labute approximate surface area is 106 Å². The van der Waals surface area contributed by atoms with Crippen LogP contribution in [0, 0.1) is 10.1 Å². The Morgan fingerprint density at radius 3 is 2.68 bits per heavy atom. The van der Waals surface area contributed by atoms with Gasteiger partial charge in [-0.2, -0.15) is 13.2 Å². The highest BCUT2D eigenvalue weighted by Gasteiger charge is 2.38. The van der Waals surface area contributed by atoms with Crippen molar-refractivity contribution in [2.24, 2.45) is 0 Å². The average molecular weight is 276 g/mol. The van der Waals surface area contributed by atoms with Crippen molar-refractivity contribution in [1.82, 2.24) is 5.32 Å². The van der Waals surface area contributed by atoms with Crippen molar-refractivity contribution in [1.29, 1.82) is 0 Å². The van der Waals surface area contributed by atoms with Crippen molar-refractivity contribution >= 4 is 5.69 Å². The van der Waals surface area contributed by atoms with Crippen LogP contribution in [0.1, 0.15) is 12.0 Å². The summed E-state index contributed by atoms with van der Waals surface area (Å²) in [6.45, 7) is 1.29. The van der Waals surface area contributed by atoms with E-state index in [2.05, 4.69) is 5.32 Å². The van der Waals surface area contributed by atoms with Crippen LogP contribution in [0.5, 0.6) is 5.75 Å². The second-order valence-corrected chi connectivity index (χ2v) is 4.17. The van der Waals surface area contributed by atoms with Crippen molar-refractivity contribution in [2.45, 2.75) is 18.7 Å². The number of rotatable bonds is 3. The summed E-state index contributed by atoms with van der Waals surface area (Å²) >= 11 is 0. The van der Waals surface area contributed by atoms with Gasteiger partial charge in [0.05, 0.1) is 4.92 Å². The number of nitro benzene ring substituents is 1. The molecule has 0 aliphatic carbocycles. The number of hydrogen-bond donors (Lipinski definition) is 1. The maximum Gasteiger partial charge on any atom is 0.423 e. The molecule has 8 heteroatoms. The lowest BCUT2D eigenvalue weighted by Crippen LogP contribution is -2.20. The van der Waals surface area contributed by atoms with Gasteiger partial charge in [0, 0.05) is 12.6 Å². The van der Waals surface area contributed by atoms with E-state index in [4.69, 9.17) is 4.74 Å². The second-order valence-electron chi connectivity index (χ2n) is 4.17. The van der Waals surface area contributed by atoms with Gasteiger partial charge in [-0.1, -0.05) is 0 Å². The summed E-state index contributed by atoms with van der Waals surface area (Å²) in [5.74, 6) is -0.00775. The summed E-state index contributed by atoms with van der Waals surface area (Å²) in [5.41, 5.74) is -2.26. The second kappa shape index (κ2) is 5.04. The Kier molecular flexibility index (Phi) is 3.61. The van der Waals surface area contributed by atoms with Crippen LogP contribution < -0.4 is 10.1 Å². The lowest BCUT2D eigenvalue weighted by molar-refractivity contribution is -0.388. The third-order valence-corrected chi connectivity index (χ3v) is 2.79. The molecule has 0 radical (unpaired) electrons. The molecule has 1 aliphatic heterocycles. The van der Waals surface area contributed by atoms with E-state index in [0.29, 0.717) is 19.0 Å². The first kappa shape index (κ1) is 13.6. The number of nitro groups is 1. The summed E-state index contributed by atoms with van der Waals surface area (Å²) in [6, 6.07) is 2.68. The first-order valence-corrected chi connectivity index (χ1v) is 5.61. The first-order valence-electron chi connectivity index (χ1n) is 5.61. The topological polar surface area (TPSA) is 64.4 Å². The molecular weight excluding hydrogens is 265 g/mol. The molecule has 0 aromatic heterocycles. The number of nitrogens with zero attached hydrogens (tertiary/aromatic N) is 1. The highest BCUT2D eigenvalue weighted by atomic mass is 19.4. The van der Waals surface area contributed by atoms with Gasteiger partial charge in [0.2, 0.25) is 0 Å². The molecule has 0 bridgehead atoms. The number of nitrogens with one attached hydrogen (secondary N) is 1. The molecule has 2 rings (SSSR count). The molecule has 1 saturated heterocycles. The Morgan fingerprint density at radius 2 is 2.16 bits per heavy atom. The molecule has 1 aromatic carbocycles. The van der Waals surface area contributed by atoms with Gasteiger partial charge in [-0.25, -0.2) is 0 Å². The maximum atomic E-state index is 12.7. The van der Waals surface area contributed by atoms with Crippen LogP contribution in [0.15, 0.2) is 18.2 Å². The van der Waals surface area contributed by atoms with E-state index in [1.165, 1.54) is 6.07 Å². The van der Waals surface area contributed by atoms with Crippen molar-refractivity contribution in [3.05, 3.63) is 33.9 Å². The van der Waals surface area contributed by atoms with Gasteiger partial charge in [0.1, 0.15) is 17.4 Å². The molecule has 104 valence electrons. The minimum atomic E-state index is -4.78. The standard InChI is InChI=1S/C11H11F3N2O3/c12-11(13,14)9-5-7(1-2-10(9)16(17)18)19-8-3-4-15-6-8/h1-2,5,8,15H,3-4,6H2. The first-order chi connectivity index (χ1) is 8.88. The third kappa shape index (κ3) is 3.14. The van der Waals surface area contributed by atoms with Gasteiger partial charge in [-0.15, -0.1) is 0 Å². The zero-order valence-corrected chi connectivity index (χ0v) is 9.74. The Morgan fingerprint density at radius 1 is 1.42 bits per heavy atom. The van der Waals surface area contributed by atoms with Crippen molar-refractivity contribution in [3.8, 4) is 5.75 Å². The fourth-order valence-electron chi connectivity index (χ4n) is 1.90. The predicted molar refractivity (Wildman–Crippen MR) is 60.0 cm³/mol. The quantitative estimate of drug-likeness (QED) is 0.680. The van der Waals surface area contributed by atoms with E-state index < -0.39 is 22.4 Å². The summed E-state index contributed by atoms with van der Waals surface area (Å²) in [6.07, 6.45) is -4.30. The molecule has 19 heavy (non-hydrogen) atoms. The normalized spacial score (nSPS) is 19.4. The molecule has 0 saturated carbocycles. The van der Waals surface area contributed by atoms with E-state index in [9.17, 15) is 23.3 Å². The molecule has 1 aromatic rings. The fraction of sp³-hybridized carbons (Fsp3) is 0.455. The van der Waals surface area contributed by atoms with Crippen LogP contribution in [0.2, 0.25) is 0 Å². The van der Waals surface area contributed by atoms with Crippen molar-refractivity contribution < 1.29 is 22.8 Å². The highest BCUT2D eigenvalue weighted by Crippen LogP contribution is 2.38. The molecule has 5 nitrogen and oxygen atoms in total. The zero-order chi connectivity index (χ0) is 14.0. The summed E-state index contributed by atoms with van der Waals surface area (Å²) in [5, 5.41) is 13.6. The van der Waals surface area contributed by atoms with E-state index in [0.717, 1.165) is 12.6 Å². The number of benzene rings is 1. The summed E-state index contributed by atoms with van der Waals surface area (Å²) in [4.78, 5) is 9.53. The zero-order valence-electron chi connectivity index (χ0n) is 9.74. The lowest BCUT2D eigenvalue weighted by Gasteiger charge is -2.14. The largest absolute Gasteiger partial charge is 0.489 e. The number of alkyl halides is 3. The fourth-order valence-corrected chi connectivity index (χ4v) is 1.90. The van der Waals surface area contributed by atoms with E-state index in [-0.39, 0.29) is 11.9 Å². The molecular formula is C11H11F3N2O3. The minimum absolute atomic E-state index is 0.00775. The van der Waals surface area contributed by atoms with Gasteiger partial charge in [-0.05, 0) is 25.1 Å². The molecule has 1 aliphatic rings. The Hall–Kier alpha value is -1.83. The smallest absolute Gasteiger partial charge is 0.423 e. The van der Waals surface area contributed by atoms with Gasteiger partial charge < -0.3 is 10.1 Å². The summed E-state index contributed by atoms with van der Waals surface area (Å²) in [7, 11) is 0. The van der Waals surface area contributed by atoms with Crippen LogP contribution in [0.25, 0.3) is 0 Å². The predicted octanol–water partition coefficient (Wildman–Crippen LogP) is 2.35. The number of hydrogen-bond acceptors (Lipinski definition) is 4. The van der Waals surface area contributed by atoms with Crippen LogP contribution in [-0.2, 0) is 6.18 Å². The molecule has 1 N–H and O–H groups in total. The van der Waals surface area contributed by atoms with Crippen LogP contribution >= 0.6 is 0 Å². The monoisotopic (exact) mass is 276 g/mol. The van der Waals surface area contributed by atoms with Gasteiger partial charge in [0.25, 0.3) is 5.69 Å². The number of halogens is 3. The van der Waals surface area contributed by atoms with Crippen LogP contribution in [-0.4, -0.2) is 24.1 Å². The summed E-state index contributed by atoms with van der Waals surface area (Å²) < 4.78 is 43.6. The molecule has 0 spiro atoms. The number of ether oxygens (including phenoxy) is 1. The average Bonchev–Trinajstić information content (AvgIpc) is 2.80. The Balaban J connectivity index is 2.29. The van der Waals surface area contributed by atoms with Crippen molar-refractivity contribution in [3.63, 3.8) is 0 Å². The van der Waals surface area contributed by atoms with Crippen LogP contribution in [0.3, 0.4) is 0 Å². The highest BCUT2D eigenvalue weighted by molar-refractivity contribution is 5.47. The van der Waals surface area contributed by atoms with Crippen LogP contribution in [0.4, 0.5) is 18.9 Å². The Bertz CT molecular complexity index is 485. The van der Waals surface area contributed by atoms with Crippen molar-refractivity contribution in [2.75, 3.05) is 13.1 Å². The molecule has 1 heterocycles. The minimum Gasteiger partial charge on any atom is -0.489 e. The molecule has 1 fully saturated rings. The van der Waals surface area contributed by atoms with Gasteiger partial charge in [-0.3, -0.25) is 10.1 Å². The van der Waals surface area contributed by atoms with E-state index >= 15 is 0 Å². The lowest BCUT2D eigenvalue weighted by atomic mass is 10.1. The molecule has 1 unspecified atom stereocenters. The maximum absolute atomic E-state index is 12.7. The third-order valence-electron chi connectivity index (χ3n) is 2.79. The molecule has 0 amide bonds. The van der Waals surface area contributed by atoms with Gasteiger partial charge >= 0.3 is 6.18 Å².